The van der Waals surface area contributed by atoms with Gasteiger partial charge in [-0.3, -0.25) is 4.79 Å². The van der Waals surface area contributed by atoms with Crippen LogP contribution in [0.25, 0.3) is 0 Å². The van der Waals surface area contributed by atoms with Gasteiger partial charge >= 0.3 is 5.97 Å². The van der Waals surface area contributed by atoms with E-state index in [1.165, 1.54) is 7.11 Å². The topological polar surface area (TPSA) is 52.6 Å². The number of ketones is 1. The Kier molecular flexibility index (Phi) is 5.82. The van der Waals surface area contributed by atoms with Crippen molar-refractivity contribution >= 4 is 23.4 Å². The number of carbonyl (C=O) groups excluding carboxylic acids is 2. The van der Waals surface area contributed by atoms with Crippen LogP contribution in [0.1, 0.15) is 24.5 Å². The van der Waals surface area contributed by atoms with Crippen LogP contribution in [-0.4, -0.2) is 26.0 Å². The number of hydrogen-bond acceptors (Lipinski definition) is 4. The molecule has 0 saturated carbocycles. The van der Waals surface area contributed by atoms with E-state index in [0.717, 1.165) is 5.56 Å². The monoisotopic (exact) mass is 270 g/mol. The van der Waals surface area contributed by atoms with E-state index >= 15 is 0 Å². The largest absolute Gasteiger partial charge is 0.463 e. The van der Waals surface area contributed by atoms with E-state index in [9.17, 15) is 9.59 Å². The number of carbonyl (C=O) groups is 2. The highest BCUT2D eigenvalue weighted by Gasteiger charge is 2.17. The highest BCUT2D eigenvalue weighted by atomic mass is 35.5. The summed E-state index contributed by atoms with van der Waals surface area (Å²) in [5.74, 6) is -1.37. The Balaban J connectivity index is 2.60. The second kappa shape index (κ2) is 7.13. The third-order valence-electron chi connectivity index (χ3n) is 2.57. The fourth-order valence-corrected chi connectivity index (χ4v) is 1.70. The predicted octanol–water partition coefficient (Wildman–Crippen LogP) is 2.55. The van der Waals surface area contributed by atoms with E-state index in [1.54, 1.807) is 19.2 Å². The van der Waals surface area contributed by atoms with Crippen LogP contribution in [0.4, 0.5) is 0 Å². The Hall–Kier alpha value is -1.39. The van der Waals surface area contributed by atoms with Gasteiger partial charge in [0.25, 0.3) is 0 Å². The minimum absolute atomic E-state index is 0.0911. The minimum atomic E-state index is -0.819. The molecule has 0 radical (unpaired) electrons. The Morgan fingerprint density at radius 1 is 1.22 bits per heavy atom. The molecule has 1 aromatic rings. The number of halogens is 1. The Morgan fingerprint density at radius 3 is 2.33 bits per heavy atom. The molecule has 4 nitrogen and oxygen atoms in total. The molecule has 98 valence electrons. The van der Waals surface area contributed by atoms with Crippen LogP contribution in [0.15, 0.2) is 24.3 Å². The summed E-state index contributed by atoms with van der Waals surface area (Å²) in [6.45, 7) is 0. The van der Waals surface area contributed by atoms with Gasteiger partial charge in [-0.15, -0.1) is 0 Å². The van der Waals surface area contributed by atoms with Crippen LogP contribution >= 0.6 is 11.6 Å². The third kappa shape index (κ3) is 4.13. The molecule has 1 rings (SSSR count). The molecule has 0 aliphatic rings. The molecule has 1 unspecified atom stereocenters. The van der Waals surface area contributed by atoms with Gasteiger partial charge in [0.2, 0.25) is 5.78 Å². The number of hydrogen-bond donors (Lipinski definition) is 0. The summed E-state index contributed by atoms with van der Waals surface area (Å²) in [6, 6.07) is 7.17. The SMILES string of the molecule is COC(=O)C(=O)CCC(OC)c1ccc(Cl)cc1. The molecule has 0 N–H and O–H groups in total. The van der Waals surface area contributed by atoms with Crippen LogP contribution < -0.4 is 0 Å². The summed E-state index contributed by atoms with van der Waals surface area (Å²) in [4.78, 5) is 22.3. The summed E-state index contributed by atoms with van der Waals surface area (Å²) in [7, 11) is 2.75. The summed E-state index contributed by atoms with van der Waals surface area (Å²) < 4.78 is 9.65. The molecule has 0 aliphatic carbocycles. The lowest BCUT2D eigenvalue weighted by atomic mass is 10.0. The molecule has 1 aromatic carbocycles. The number of esters is 1. The minimum Gasteiger partial charge on any atom is -0.463 e. The second-order valence-corrected chi connectivity index (χ2v) is 4.17. The van der Waals surface area contributed by atoms with Gasteiger partial charge in [0.1, 0.15) is 0 Å². The molecular formula is C13H15ClO4. The van der Waals surface area contributed by atoms with Crippen LogP contribution in [0.5, 0.6) is 0 Å². The van der Waals surface area contributed by atoms with Gasteiger partial charge in [-0.25, -0.2) is 4.79 Å². The number of rotatable bonds is 6. The molecule has 18 heavy (non-hydrogen) atoms. The Labute approximate surface area is 111 Å². The summed E-state index contributed by atoms with van der Waals surface area (Å²) >= 11 is 5.79. The zero-order chi connectivity index (χ0) is 13.5. The maximum atomic E-state index is 11.3. The van der Waals surface area contributed by atoms with Crippen molar-refractivity contribution in [1.29, 1.82) is 0 Å². The van der Waals surface area contributed by atoms with Gasteiger partial charge in [0.15, 0.2) is 0 Å². The highest BCUT2D eigenvalue weighted by Crippen LogP contribution is 2.23. The van der Waals surface area contributed by atoms with Crippen LogP contribution in [-0.2, 0) is 19.1 Å². The van der Waals surface area contributed by atoms with Crippen LogP contribution in [0.3, 0.4) is 0 Å². The van der Waals surface area contributed by atoms with Crippen molar-refractivity contribution in [2.24, 2.45) is 0 Å². The van der Waals surface area contributed by atoms with E-state index in [-0.39, 0.29) is 12.5 Å². The number of benzene rings is 1. The summed E-state index contributed by atoms with van der Waals surface area (Å²) in [6.07, 6.45) is 0.274. The Bertz CT molecular complexity index is 414. The highest BCUT2D eigenvalue weighted by molar-refractivity contribution is 6.33. The lowest BCUT2D eigenvalue weighted by Crippen LogP contribution is -2.16. The fourth-order valence-electron chi connectivity index (χ4n) is 1.58. The molecule has 1 atom stereocenters. The van der Waals surface area contributed by atoms with E-state index < -0.39 is 11.8 Å². The van der Waals surface area contributed by atoms with Crippen molar-refractivity contribution in [2.75, 3.05) is 14.2 Å². The summed E-state index contributed by atoms with van der Waals surface area (Å²) in [5, 5.41) is 0.638. The van der Waals surface area contributed by atoms with Crippen LogP contribution in [0.2, 0.25) is 5.02 Å². The molecule has 5 heteroatoms. The first kappa shape index (κ1) is 14.7. The average Bonchev–Trinajstić information content (AvgIpc) is 2.40. The zero-order valence-corrected chi connectivity index (χ0v) is 11.1. The zero-order valence-electron chi connectivity index (χ0n) is 10.3. The van der Waals surface area contributed by atoms with E-state index in [1.807, 2.05) is 12.1 Å². The third-order valence-corrected chi connectivity index (χ3v) is 2.82. The maximum Gasteiger partial charge on any atom is 0.374 e. The average molecular weight is 271 g/mol. The molecule has 0 bridgehead atoms. The van der Waals surface area contributed by atoms with Gasteiger partial charge in [-0.1, -0.05) is 23.7 Å². The summed E-state index contributed by atoms with van der Waals surface area (Å²) in [5.41, 5.74) is 0.916. The first-order valence-corrected chi connectivity index (χ1v) is 5.85. The van der Waals surface area contributed by atoms with Crippen molar-refractivity contribution < 1.29 is 19.1 Å². The molecule has 0 heterocycles. The van der Waals surface area contributed by atoms with Crippen molar-refractivity contribution in [1.82, 2.24) is 0 Å². The van der Waals surface area contributed by atoms with E-state index in [0.29, 0.717) is 11.4 Å². The smallest absolute Gasteiger partial charge is 0.374 e. The molecule has 0 saturated heterocycles. The molecule has 0 aromatic heterocycles. The van der Waals surface area contributed by atoms with Crippen molar-refractivity contribution in [2.45, 2.75) is 18.9 Å². The molecular weight excluding hydrogens is 256 g/mol. The number of Topliss-reactive ketones (excluding diaryl/α,β-unsaturated/α-hetero) is 1. The maximum absolute atomic E-state index is 11.3. The van der Waals surface area contributed by atoms with Gasteiger partial charge in [0, 0.05) is 18.6 Å². The molecule has 0 aliphatic heterocycles. The van der Waals surface area contributed by atoms with Gasteiger partial charge in [0.05, 0.1) is 13.2 Å². The van der Waals surface area contributed by atoms with Gasteiger partial charge < -0.3 is 9.47 Å². The first-order valence-electron chi connectivity index (χ1n) is 5.48. The lowest BCUT2D eigenvalue weighted by Gasteiger charge is -2.15. The van der Waals surface area contributed by atoms with Crippen molar-refractivity contribution in [3.63, 3.8) is 0 Å². The molecule has 0 spiro atoms. The fraction of sp³-hybridized carbons (Fsp3) is 0.385. The number of methoxy groups -OCH3 is 2. The van der Waals surface area contributed by atoms with Crippen LogP contribution in [0, 0.1) is 0 Å². The predicted molar refractivity (Wildman–Crippen MR) is 67.5 cm³/mol. The molecule has 0 fully saturated rings. The van der Waals surface area contributed by atoms with Gasteiger partial charge in [-0.2, -0.15) is 0 Å². The quantitative estimate of drug-likeness (QED) is 0.589. The van der Waals surface area contributed by atoms with Crippen molar-refractivity contribution in [3.8, 4) is 0 Å². The standard InChI is InChI=1S/C13H15ClO4/c1-17-12(8-7-11(15)13(16)18-2)9-3-5-10(14)6-4-9/h3-6,12H,7-8H2,1-2H3. The van der Waals surface area contributed by atoms with E-state index in [4.69, 9.17) is 16.3 Å². The normalized spacial score (nSPS) is 11.9. The number of ether oxygens (including phenoxy) is 2. The van der Waals surface area contributed by atoms with E-state index in [2.05, 4.69) is 4.74 Å². The molecule has 0 amide bonds. The Morgan fingerprint density at radius 2 is 1.83 bits per heavy atom. The van der Waals surface area contributed by atoms with Gasteiger partial charge in [-0.05, 0) is 24.1 Å². The second-order valence-electron chi connectivity index (χ2n) is 3.73. The lowest BCUT2D eigenvalue weighted by molar-refractivity contribution is -0.151. The first-order chi connectivity index (χ1) is 8.58. The van der Waals surface area contributed by atoms with Crippen molar-refractivity contribution in [3.05, 3.63) is 34.9 Å².